The molecule has 26 heavy (non-hydrogen) atoms. The van der Waals surface area contributed by atoms with Gasteiger partial charge in [-0.25, -0.2) is 0 Å². The quantitative estimate of drug-likeness (QED) is 0.531. The number of hydrogen-bond acceptors (Lipinski definition) is 3. The first-order chi connectivity index (χ1) is 12.6. The van der Waals surface area contributed by atoms with Crippen LogP contribution in [-0.4, -0.2) is 17.7 Å². The van der Waals surface area contributed by atoms with Gasteiger partial charge < -0.3 is 9.47 Å². The summed E-state index contributed by atoms with van der Waals surface area (Å²) in [6.45, 7) is 0.179. The first kappa shape index (κ1) is 16.7. The summed E-state index contributed by atoms with van der Waals surface area (Å²) in [5, 5.41) is 7.02. The third-order valence-corrected chi connectivity index (χ3v) is 4.68. The van der Waals surface area contributed by atoms with E-state index in [0.29, 0.717) is 27.1 Å². The maximum atomic E-state index is 12.3. The van der Waals surface area contributed by atoms with Crippen LogP contribution in [-0.2, 0) is 0 Å². The van der Waals surface area contributed by atoms with Crippen LogP contribution in [0.4, 0.5) is 0 Å². The monoisotopic (exact) mass is 387 g/mol. The summed E-state index contributed by atoms with van der Waals surface area (Å²) in [5.74, 6) is 1.10. The Balaban J connectivity index is 1.51. The van der Waals surface area contributed by atoms with Gasteiger partial charge in [0.1, 0.15) is 5.69 Å². The van der Waals surface area contributed by atoms with Gasteiger partial charge in [-0.15, -0.1) is 5.10 Å². The van der Waals surface area contributed by atoms with Crippen LogP contribution < -0.4 is 14.6 Å². The largest absolute Gasteiger partial charge is 0.454 e. The molecule has 5 nitrogen and oxygen atoms in total. The van der Waals surface area contributed by atoms with E-state index < -0.39 is 0 Å². The highest BCUT2D eigenvalue weighted by Gasteiger charge is 2.15. The van der Waals surface area contributed by atoms with Gasteiger partial charge >= 0.3 is 0 Å². The number of carbonyl (C=O) groups is 1. The standard InChI is InChI=1S/C19H12Cl2N2O3/c20-14-4-1-11(7-15(14)21)16-9-13(22-23-16)3-5-17(24)12-2-6-18-19(8-12)26-10-25-18/h1-9H,10H2,(H,22,23)/p+1/b5-3+. The number of nitrogens with one attached hydrogen (secondary N) is 2. The molecule has 130 valence electrons. The Bertz CT molecular complexity index is 1030. The van der Waals surface area contributed by atoms with E-state index in [2.05, 4.69) is 10.2 Å². The van der Waals surface area contributed by atoms with Gasteiger partial charge in [0.05, 0.1) is 15.6 Å². The highest BCUT2D eigenvalue weighted by molar-refractivity contribution is 6.42. The number of ketones is 1. The fraction of sp³-hybridized carbons (Fsp3) is 0.0526. The summed E-state index contributed by atoms with van der Waals surface area (Å²) >= 11 is 12.0. The molecule has 0 radical (unpaired) electrons. The predicted molar refractivity (Wildman–Crippen MR) is 98.7 cm³/mol. The van der Waals surface area contributed by atoms with Crippen LogP contribution >= 0.6 is 23.2 Å². The zero-order valence-corrected chi connectivity index (χ0v) is 14.9. The lowest BCUT2D eigenvalue weighted by Crippen LogP contribution is -2.04. The molecule has 0 saturated heterocycles. The van der Waals surface area contributed by atoms with Crippen molar-refractivity contribution in [3.05, 3.63) is 69.8 Å². The molecule has 0 bridgehead atoms. The summed E-state index contributed by atoms with van der Waals surface area (Å²) in [5.41, 5.74) is 3.00. The van der Waals surface area contributed by atoms with E-state index in [0.717, 1.165) is 17.0 Å². The number of aromatic nitrogens is 2. The zero-order valence-electron chi connectivity index (χ0n) is 13.4. The van der Waals surface area contributed by atoms with Crippen molar-refractivity contribution in [3.8, 4) is 22.8 Å². The van der Waals surface area contributed by atoms with Gasteiger partial charge in [-0.2, -0.15) is 5.10 Å². The second-order valence-electron chi connectivity index (χ2n) is 5.66. The number of rotatable bonds is 4. The van der Waals surface area contributed by atoms with Gasteiger partial charge in [-0.1, -0.05) is 23.2 Å². The Morgan fingerprint density at radius 3 is 2.73 bits per heavy atom. The lowest BCUT2D eigenvalue weighted by Gasteiger charge is -1.98. The number of allylic oxidation sites excluding steroid dienone is 1. The molecule has 0 spiro atoms. The van der Waals surface area contributed by atoms with Crippen molar-refractivity contribution in [2.45, 2.75) is 0 Å². The number of H-pyrrole nitrogens is 2. The number of aromatic amines is 2. The molecule has 1 aliphatic heterocycles. The fourth-order valence-corrected chi connectivity index (χ4v) is 2.89. The van der Waals surface area contributed by atoms with E-state index in [1.807, 2.05) is 12.1 Å². The molecule has 2 aromatic carbocycles. The molecule has 1 aromatic heterocycles. The second-order valence-corrected chi connectivity index (χ2v) is 6.47. The average molecular weight is 388 g/mol. The normalized spacial score (nSPS) is 12.7. The first-order valence-electron chi connectivity index (χ1n) is 7.78. The van der Waals surface area contributed by atoms with Crippen molar-refractivity contribution in [3.63, 3.8) is 0 Å². The molecule has 0 fully saturated rings. The third kappa shape index (κ3) is 3.31. The molecule has 0 amide bonds. The molecule has 2 heterocycles. The van der Waals surface area contributed by atoms with Gasteiger partial charge in [0.15, 0.2) is 17.3 Å². The molecular weight excluding hydrogens is 375 g/mol. The Morgan fingerprint density at radius 2 is 1.88 bits per heavy atom. The molecule has 1 aliphatic rings. The molecule has 7 heteroatoms. The second kappa shape index (κ2) is 6.86. The molecule has 4 rings (SSSR count). The topological polar surface area (TPSA) is 65.5 Å². The Hall–Kier alpha value is -2.76. The molecule has 0 atom stereocenters. The summed E-state index contributed by atoms with van der Waals surface area (Å²) in [6.07, 6.45) is 3.19. The SMILES string of the molecule is O=C(/C=C/c1cc(-c2ccc(Cl)c(Cl)c2)[nH+][nH]1)c1ccc2c(c1)OCO2. The highest BCUT2D eigenvalue weighted by Crippen LogP contribution is 2.32. The van der Waals surface area contributed by atoms with Crippen LogP contribution in [0.3, 0.4) is 0 Å². The lowest BCUT2D eigenvalue weighted by atomic mass is 10.1. The van der Waals surface area contributed by atoms with Crippen molar-refractivity contribution < 1.29 is 19.4 Å². The number of fused-ring (bicyclic) bond motifs is 1. The van der Waals surface area contributed by atoms with Crippen molar-refractivity contribution in [2.75, 3.05) is 6.79 Å². The maximum Gasteiger partial charge on any atom is 0.236 e. The number of halogens is 2. The van der Waals surface area contributed by atoms with E-state index >= 15 is 0 Å². The van der Waals surface area contributed by atoms with Crippen LogP contribution in [0.1, 0.15) is 16.1 Å². The van der Waals surface area contributed by atoms with Crippen LogP contribution in [0.5, 0.6) is 11.5 Å². The van der Waals surface area contributed by atoms with E-state index in [1.165, 1.54) is 6.08 Å². The van der Waals surface area contributed by atoms with Crippen molar-refractivity contribution in [1.82, 2.24) is 5.10 Å². The zero-order chi connectivity index (χ0) is 18.1. The average Bonchev–Trinajstić information content (AvgIpc) is 3.30. The van der Waals surface area contributed by atoms with Crippen molar-refractivity contribution in [1.29, 1.82) is 0 Å². The van der Waals surface area contributed by atoms with E-state index in [9.17, 15) is 4.79 Å². The number of benzene rings is 2. The number of ether oxygens (including phenoxy) is 2. The first-order valence-corrected chi connectivity index (χ1v) is 8.54. The summed E-state index contributed by atoms with van der Waals surface area (Å²) in [4.78, 5) is 12.3. The van der Waals surface area contributed by atoms with E-state index in [1.54, 1.807) is 36.4 Å². The maximum absolute atomic E-state index is 12.3. The Kier molecular flexibility index (Phi) is 4.41. The van der Waals surface area contributed by atoms with Gasteiger partial charge in [-0.05, 0) is 48.6 Å². The van der Waals surface area contributed by atoms with Crippen molar-refractivity contribution in [2.24, 2.45) is 0 Å². The van der Waals surface area contributed by atoms with Gasteiger partial charge in [0.25, 0.3) is 0 Å². The lowest BCUT2D eigenvalue weighted by molar-refractivity contribution is -0.437. The van der Waals surface area contributed by atoms with E-state index in [4.69, 9.17) is 32.7 Å². The van der Waals surface area contributed by atoms with Gasteiger partial charge in [-0.3, -0.25) is 4.79 Å². The fourth-order valence-electron chi connectivity index (χ4n) is 2.59. The minimum Gasteiger partial charge on any atom is -0.454 e. The van der Waals surface area contributed by atoms with E-state index in [-0.39, 0.29) is 12.6 Å². The third-order valence-electron chi connectivity index (χ3n) is 3.94. The number of carbonyl (C=O) groups excluding carboxylic acids is 1. The van der Waals surface area contributed by atoms with Crippen LogP contribution in [0.15, 0.2) is 48.5 Å². The molecular formula is C19H13Cl2N2O3+. The van der Waals surface area contributed by atoms with Crippen LogP contribution in [0.25, 0.3) is 17.3 Å². The summed E-state index contributed by atoms with van der Waals surface area (Å²) < 4.78 is 10.5. The molecule has 2 N–H and O–H groups in total. The number of hydrogen-bond donors (Lipinski definition) is 1. The summed E-state index contributed by atoms with van der Waals surface area (Å²) in [6, 6.07) is 12.4. The summed E-state index contributed by atoms with van der Waals surface area (Å²) in [7, 11) is 0. The van der Waals surface area contributed by atoms with Crippen molar-refractivity contribution >= 4 is 35.1 Å². The highest BCUT2D eigenvalue weighted by atomic mass is 35.5. The predicted octanol–water partition coefficient (Wildman–Crippen LogP) is 4.43. The minimum atomic E-state index is -0.131. The minimum absolute atomic E-state index is 0.131. The molecule has 0 saturated carbocycles. The Morgan fingerprint density at radius 1 is 1.04 bits per heavy atom. The van der Waals surface area contributed by atoms with Gasteiger partial charge in [0, 0.05) is 11.6 Å². The van der Waals surface area contributed by atoms with Crippen LogP contribution in [0.2, 0.25) is 10.0 Å². The smallest absolute Gasteiger partial charge is 0.236 e. The molecule has 0 aliphatic carbocycles. The molecule has 3 aromatic rings. The molecule has 0 unspecified atom stereocenters. The van der Waals surface area contributed by atoms with Gasteiger partial charge in [0.2, 0.25) is 12.5 Å². The van der Waals surface area contributed by atoms with Crippen LogP contribution in [0, 0.1) is 0 Å². The Labute approximate surface area is 159 Å².